The molecule has 11 heteroatoms. The predicted octanol–water partition coefficient (Wildman–Crippen LogP) is 3.52. The number of amides is 1. The van der Waals surface area contributed by atoms with Crippen LogP contribution >= 0.6 is 34.2 Å². The van der Waals surface area contributed by atoms with E-state index in [2.05, 4.69) is 48.1 Å². The summed E-state index contributed by atoms with van der Waals surface area (Å²) in [6.07, 6.45) is 1.59. The maximum atomic E-state index is 13.0. The number of carbonyl (C=O) groups is 1. The van der Waals surface area contributed by atoms with E-state index >= 15 is 0 Å². The Hall–Kier alpha value is -2.60. The van der Waals surface area contributed by atoms with Crippen molar-refractivity contribution in [1.29, 1.82) is 0 Å². The van der Waals surface area contributed by atoms with E-state index in [0.29, 0.717) is 20.7 Å². The molecule has 174 valence electrons. The number of nitrogens with zero attached hydrogens (tertiary/aromatic N) is 4. The number of fused-ring (bicyclic) bond motifs is 1. The monoisotopic (exact) mass is 582 g/mol. The molecule has 0 spiro atoms. The molecule has 4 rings (SSSR count). The second-order valence-electron chi connectivity index (χ2n) is 8.01. The van der Waals surface area contributed by atoms with E-state index in [0.717, 1.165) is 29.7 Å². The number of carbonyl (C=O) groups excluding carboxylic acids is 1. The van der Waals surface area contributed by atoms with Crippen LogP contribution in [0.15, 0.2) is 35.3 Å². The Morgan fingerprint density at radius 1 is 1.33 bits per heavy atom. The molecule has 1 saturated heterocycles. The van der Waals surface area contributed by atoms with Gasteiger partial charge in [0.05, 0.1) is 11.7 Å². The van der Waals surface area contributed by atoms with Gasteiger partial charge in [0.1, 0.15) is 5.02 Å². The second-order valence-corrected chi connectivity index (χ2v) is 10.2. The number of nitrogens with one attached hydrogen (secondary N) is 2. The molecule has 2 N–H and O–H groups in total. The van der Waals surface area contributed by atoms with E-state index in [1.165, 1.54) is 7.05 Å². The van der Waals surface area contributed by atoms with E-state index < -0.39 is 0 Å². The largest absolute Gasteiger partial charge is 0.478 e. The Bertz CT molecular complexity index is 1260. The quantitative estimate of drug-likeness (QED) is 0.325. The molecule has 0 unspecified atom stereocenters. The molecule has 0 bridgehead atoms. The molecule has 1 amide bonds. The number of benzene rings is 1. The maximum Gasteiger partial charge on any atom is 0.293 e. The van der Waals surface area contributed by atoms with Crippen LogP contribution in [0, 0.1) is 0 Å². The number of aromatic nitrogens is 3. The van der Waals surface area contributed by atoms with Gasteiger partial charge in [-0.15, -0.1) is 0 Å². The van der Waals surface area contributed by atoms with E-state index in [1.54, 1.807) is 16.8 Å². The van der Waals surface area contributed by atoms with Gasteiger partial charge in [-0.1, -0.05) is 34.2 Å². The fourth-order valence-electron chi connectivity index (χ4n) is 3.55. The highest BCUT2D eigenvalue weighted by Gasteiger charge is 2.26. The van der Waals surface area contributed by atoms with Crippen LogP contribution < -0.4 is 25.8 Å². The van der Waals surface area contributed by atoms with Gasteiger partial charge in [0.2, 0.25) is 5.95 Å². The smallest absolute Gasteiger partial charge is 0.293 e. The molecule has 3 heterocycles. The van der Waals surface area contributed by atoms with E-state index in [9.17, 15) is 9.59 Å². The third kappa shape index (κ3) is 5.01. The SMILES string of the molecule is CNC(=O)COc1cc2cc(Nc3nc(N4CC(I)C4)ncc3Cl)ccc2n(C(C)C)c1=O. The minimum Gasteiger partial charge on any atom is -0.478 e. The molecule has 0 saturated carbocycles. The van der Waals surface area contributed by atoms with Gasteiger partial charge in [0, 0.05) is 41.2 Å². The van der Waals surface area contributed by atoms with E-state index in [1.807, 2.05) is 32.0 Å². The van der Waals surface area contributed by atoms with Gasteiger partial charge in [-0.2, -0.15) is 4.98 Å². The van der Waals surface area contributed by atoms with Gasteiger partial charge < -0.3 is 24.8 Å². The summed E-state index contributed by atoms with van der Waals surface area (Å²) in [4.78, 5) is 35.6. The Morgan fingerprint density at radius 2 is 2.09 bits per heavy atom. The van der Waals surface area contributed by atoms with Gasteiger partial charge in [-0.25, -0.2) is 4.98 Å². The van der Waals surface area contributed by atoms with Crippen molar-refractivity contribution in [2.75, 3.05) is 37.0 Å². The maximum absolute atomic E-state index is 13.0. The lowest BCUT2D eigenvalue weighted by Crippen LogP contribution is -2.48. The van der Waals surface area contributed by atoms with Crippen LogP contribution in [0.25, 0.3) is 10.9 Å². The molecule has 1 aliphatic heterocycles. The highest BCUT2D eigenvalue weighted by molar-refractivity contribution is 14.1. The standard InChI is InChI=1S/C22H24ClIN6O3/c1-12(2)30-17-5-4-15(6-13(17)7-18(21(30)32)33-11-19(31)25-3)27-20-16(23)8-26-22(28-20)29-9-14(24)10-29/h4-8,12,14H,9-11H2,1-3H3,(H,25,31)(H,26,27,28). The highest BCUT2D eigenvalue weighted by atomic mass is 127. The van der Waals surface area contributed by atoms with Crippen molar-refractivity contribution in [2.24, 2.45) is 0 Å². The summed E-state index contributed by atoms with van der Waals surface area (Å²) in [6, 6.07) is 7.18. The fourth-order valence-corrected chi connectivity index (χ4v) is 4.64. The van der Waals surface area contributed by atoms with Crippen molar-refractivity contribution in [3.8, 4) is 5.75 Å². The van der Waals surface area contributed by atoms with E-state index in [-0.39, 0.29) is 29.9 Å². The average Bonchev–Trinajstić information content (AvgIpc) is 2.76. The van der Waals surface area contributed by atoms with Crippen molar-refractivity contribution >= 4 is 68.5 Å². The molecule has 2 aromatic heterocycles. The molecular weight excluding hydrogens is 559 g/mol. The fraction of sp³-hybridized carbons (Fsp3) is 0.364. The Balaban J connectivity index is 1.68. The Morgan fingerprint density at radius 3 is 2.76 bits per heavy atom. The van der Waals surface area contributed by atoms with Crippen molar-refractivity contribution in [3.63, 3.8) is 0 Å². The first-order valence-electron chi connectivity index (χ1n) is 10.5. The number of alkyl halides is 1. The van der Waals surface area contributed by atoms with Crippen molar-refractivity contribution in [1.82, 2.24) is 19.9 Å². The number of pyridine rings is 1. The number of ether oxygens (including phenoxy) is 1. The van der Waals surface area contributed by atoms with Crippen molar-refractivity contribution in [2.45, 2.75) is 23.8 Å². The first kappa shape index (κ1) is 23.6. The zero-order valence-electron chi connectivity index (χ0n) is 18.4. The molecule has 0 aliphatic carbocycles. The molecule has 1 aliphatic rings. The number of rotatable bonds is 7. The van der Waals surface area contributed by atoms with Gasteiger partial charge in [-0.05, 0) is 38.1 Å². The van der Waals surface area contributed by atoms with Crippen LogP contribution in [0.5, 0.6) is 5.75 Å². The third-order valence-electron chi connectivity index (χ3n) is 5.27. The summed E-state index contributed by atoms with van der Waals surface area (Å²) in [5.74, 6) is 0.942. The summed E-state index contributed by atoms with van der Waals surface area (Å²) in [5, 5.41) is 6.93. The van der Waals surface area contributed by atoms with Gasteiger partial charge in [-0.3, -0.25) is 9.59 Å². The normalized spacial score (nSPS) is 13.8. The predicted molar refractivity (Wildman–Crippen MR) is 139 cm³/mol. The summed E-state index contributed by atoms with van der Waals surface area (Å²) in [5.41, 5.74) is 1.22. The number of hydrogen-bond acceptors (Lipinski definition) is 7. The molecule has 33 heavy (non-hydrogen) atoms. The first-order chi connectivity index (χ1) is 15.8. The Labute approximate surface area is 209 Å². The number of likely N-dealkylation sites (N-methyl/N-ethyl adjacent to an activating group) is 1. The summed E-state index contributed by atoms with van der Waals surface area (Å²) < 4.78 is 7.77. The molecule has 0 radical (unpaired) electrons. The minimum atomic E-state index is -0.314. The molecule has 9 nitrogen and oxygen atoms in total. The number of hydrogen-bond donors (Lipinski definition) is 2. The minimum absolute atomic E-state index is 0.0977. The first-order valence-corrected chi connectivity index (χ1v) is 12.1. The van der Waals surface area contributed by atoms with Crippen LogP contribution in [0.4, 0.5) is 17.5 Å². The average molecular weight is 583 g/mol. The topological polar surface area (TPSA) is 101 Å². The summed E-state index contributed by atoms with van der Waals surface area (Å²) in [6.45, 7) is 5.43. The second kappa shape index (κ2) is 9.72. The summed E-state index contributed by atoms with van der Waals surface area (Å²) in [7, 11) is 1.52. The third-order valence-corrected chi connectivity index (χ3v) is 6.34. The van der Waals surface area contributed by atoms with Crippen LogP contribution in [-0.2, 0) is 4.79 Å². The molecular formula is C22H24ClIN6O3. The van der Waals surface area contributed by atoms with Crippen LogP contribution in [0.3, 0.4) is 0 Å². The van der Waals surface area contributed by atoms with Crippen LogP contribution in [-0.4, -0.2) is 51.1 Å². The van der Waals surface area contributed by atoms with Gasteiger partial charge >= 0.3 is 0 Å². The lowest BCUT2D eigenvalue weighted by atomic mass is 10.1. The van der Waals surface area contributed by atoms with Crippen LogP contribution in [0.1, 0.15) is 19.9 Å². The molecule has 1 aromatic carbocycles. The van der Waals surface area contributed by atoms with Crippen molar-refractivity contribution < 1.29 is 9.53 Å². The molecule has 1 fully saturated rings. The van der Waals surface area contributed by atoms with Crippen LogP contribution in [0.2, 0.25) is 5.02 Å². The molecule has 3 aromatic rings. The Kier molecular flexibility index (Phi) is 6.94. The lowest BCUT2D eigenvalue weighted by molar-refractivity contribution is -0.122. The number of anilines is 3. The summed E-state index contributed by atoms with van der Waals surface area (Å²) >= 11 is 8.75. The zero-order valence-corrected chi connectivity index (χ0v) is 21.3. The van der Waals surface area contributed by atoms with Gasteiger partial charge in [0.25, 0.3) is 11.5 Å². The van der Waals surface area contributed by atoms with Gasteiger partial charge in [0.15, 0.2) is 18.2 Å². The number of halogens is 2. The van der Waals surface area contributed by atoms with Crippen molar-refractivity contribution in [3.05, 3.63) is 45.8 Å². The van der Waals surface area contributed by atoms with E-state index in [4.69, 9.17) is 16.3 Å². The lowest BCUT2D eigenvalue weighted by Gasteiger charge is -2.35. The highest BCUT2D eigenvalue weighted by Crippen LogP contribution is 2.30. The molecule has 0 atom stereocenters. The zero-order chi connectivity index (χ0) is 23.7.